The molecule has 0 aliphatic heterocycles. The Hall–Kier alpha value is -2.76. The lowest BCUT2D eigenvalue weighted by Crippen LogP contribution is -2.13. The number of rotatable bonds is 7. The zero-order valence-electron chi connectivity index (χ0n) is 19.4. The second kappa shape index (κ2) is 10.5. The fourth-order valence-electron chi connectivity index (χ4n) is 5.14. The fourth-order valence-corrected chi connectivity index (χ4v) is 5.14. The van der Waals surface area contributed by atoms with Crippen LogP contribution in [0.15, 0.2) is 55.1 Å². The van der Waals surface area contributed by atoms with Crippen molar-refractivity contribution in [1.82, 2.24) is 0 Å². The van der Waals surface area contributed by atoms with E-state index in [2.05, 4.69) is 12.7 Å². The monoisotopic (exact) mass is 490 g/mol. The van der Waals surface area contributed by atoms with Crippen LogP contribution in [0.3, 0.4) is 0 Å². The summed E-state index contributed by atoms with van der Waals surface area (Å²) >= 11 is 0. The van der Waals surface area contributed by atoms with Crippen LogP contribution in [0.2, 0.25) is 0 Å². The molecule has 1 aliphatic rings. The number of hydrogen-bond donors (Lipinski definition) is 0. The largest absolute Gasteiger partial charge is 0.422 e. The van der Waals surface area contributed by atoms with E-state index in [1.165, 1.54) is 25.7 Å². The maximum absolute atomic E-state index is 15.1. The highest BCUT2D eigenvalue weighted by molar-refractivity contribution is 5.84. The van der Waals surface area contributed by atoms with Gasteiger partial charge in [-0.05, 0) is 97.4 Å². The summed E-state index contributed by atoms with van der Waals surface area (Å²) < 4.78 is 81.1. The second-order valence-corrected chi connectivity index (χ2v) is 9.58. The molecule has 6 heteroatoms. The van der Waals surface area contributed by atoms with Crippen molar-refractivity contribution < 1.29 is 26.3 Å². The molecular weight excluding hydrogens is 462 g/mol. The van der Waals surface area contributed by atoms with Gasteiger partial charge in [0, 0.05) is 5.39 Å². The number of alkyl halides is 3. The zero-order valence-corrected chi connectivity index (χ0v) is 19.4. The Morgan fingerprint density at radius 3 is 2.11 bits per heavy atom. The molecule has 186 valence electrons. The molecule has 1 fully saturated rings. The third-order valence-electron chi connectivity index (χ3n) is 7.23. The van der Waals surface area contributed by atoms with Gasteiger partial charge in [-0.2, -0.15) is 13.2 Å². The average Bonchev–Trinajstić information content (AvgIpc) is 2.81. The molecule has 0 spiro atoms. The van der Waals surface area contributed by atoms with Gasteiger partial charge in [0.2, 0.25) is 0 Å². The Morgan fingerprint density at radius 2 is 1.49 bits per heavy atom. The highest BCUT2D eigenvalue weighted by Gasteiger charge is 2.37. The third-order valence-corrected chi connectivity index (χ3v) is 7.23. The van der Waals surface area contributed by atoms with E-state index in [9.17, 15) is 22.0 Å². The van der Waals surface area contributed by atoms with Crippen LogP contribution < -0.4 is 0 Å². The zero-order chi connectivity index (χ0) is 25.2. The summed E-state index contributed by atoms with van der Waals surface area (Å²) in [5, 5.41) is 1.24. The first kappa shape index (κ1) is 25.3. The third kappa shape index (κ3) is 5.91. The van der Waals surface area contributed by atoms with Crippen molar-refractivity contribution in [2.24, 2.45) is 11.8 Å². The minimum absolute atomic E-state index is 0.0145. The molecule has 0 bridgehead atoms. The Labute approximate surface area is 201 Å². The molecule has 1 saturated carbocycles. The lowest BCUT2D eigenvalue weighted by molar-refractivity contribution is -0.142. The van der Waals surface area contributed by atoms with E-state index in [0.29, 0.717) is 34.9 Å². The van der Waals surface area contributed by atoms with E-state index >= 15 is 4.39 Å². The summed E-state index contributed by atoms with van der Waals surface area (Å²) in [6, 6.07) is 10.5. The fraction of sp³-hybridized carbons (Fsp3) is 0.379. The first-order valence-corrected chi connectivity index (χ1v) is 12.0. The first-order valence-electron chi connectivity index (χ1n) is 12.0. The van der Waals surface area contributed by atoms with Crippen LogP contribution in [-0.4, -0.2) is 0 Å². The lowest BCUT2D eigenvalue weighted by atomic mass is 9.79. The van der Waals surface area contributed by atoms with Crippen LogP contribution in [-0.2, 0) is 25.4 Å². The van der Waals surface area contributed by atoms with Crippen molar-refractivity contribution in [2.75, 3.05) is 0 Å². The summed E-state index contributed by atoms with van der Waals surface area (Å²) in [4.78, 5) is 0. The molecule has 0 radical (unpaired) electrons. The normalized spacial score (nSPS) is 18.7. The maximum atomic E-state index is 15.1. The number of allylic oxidation sites excluding steroid dienone is 1. The van der Waals surface area contributed by atoms with Crippen LogP contribution in [0, 0.1) is 29.3 Å². The maximum Gasteiger partial charge on any atom is 0.422 e. The van der Waals surface area contributed by atoms with E-state index in [-0.39, 0.29) is 18.4 Å². The molecule has 0 amide bonds. The standard InChI is InChI=1S/C29H28F6/c1-2-18-3-5-19(6-4-18)7-8-20-10-14-24-23(15-20)13-12-22(28(24)32)11-9-21-16-25(30)27(26(31)17-21)29(33,34)35/h2,10,12-19H,1,3-9,11H2. The molecule has 0 saturated heterocycles. The molecule has 0 atom stereocenters. The summed E-state index contributed by atoms with van der Waals surface area (Å²) in [7, 11) is 0. The predicted octanol–water partition coefficient (Wildman–Crippen LogP) is 8.99. The molecule has 3 aromatic rings. The van der Waals surface area contributed by atoms with Gasteiger partial charge >= 0.3 is 6.18 Å². The van der Waals surface area contributed by atoms with E-state index in [1.807, 2.05) is 18.2 Å². The molecule has 1 aliphatic carbocycles. The van der Waals surface area contributed by atoms with Gasteiger partial charge in [0.05, 0.1) is 0 Å². The van der Waals surface area contributed by atoms with Crippen molar-refractivity contribution in [2.45, 2.75) is 57.5 Å². The number of fused-ring (bicyclic) bond motifs is 1. The Kier molecular flexibility index (Phi) is 7.58. The number of hydrogen-bond acceptors (Lipinski definition) is 0. The van der Waals surface area contributed by atoms with Crippen LogP contribution in [0.25, 0.3) is 10.8 Å². The molecule has 0 nitrogen and oxygen atoms in total. The smallest absolute Gasteiger partial charge is 0.206 e. The lowest BCUT2D eigenvalue weighted by Gasteiger charge is -2.26. The van der Waals surface area contributed by atoms with E-state index in [0.717, 1.165) is 23.8 Å². The number of aryl methyl sites for hydroxylation is 3. The molecule has 0 unspecified atom stereocenters. The molecule has 0 N–H and O–H groups in total. The SMILES string of the molecule is C=CC1CCC(CCc2ccc3c(F)c(CCc4cc(F)c(C(F)(F)F)c(F)c4)ccc3c2)CC1. The highest BCUT2D eigenvalue weighted by atomic mass is 19.4. The van der Waals surface area contributed by atoms with Gasteiger partial charge in [-0.3, -0.25) is 0 Å². The van der Waals surface area contributed by atoms with Gasteiger partial charge in [-0.1, -0.05) is 36.4 Å². The van der Waals surface area contributed by atoms with Gasteiger partial charge < -0.3 is 0 Å². The molecule has 3 aromatic carbocycles. The van der Waals surface area contributed by atoms with E-state index in [1.54, 1.807) is 12.1 Å². The summed E-state index contributed by atoms with van der Waals surface area (Å²) in [6.07, 6.45) is 3.95. The molecule has 35 heavy (non-hydrogen) atoms. The highest BCUT2D eigenvalue weighted by Crippen LogP contribution is 2.35. The number of benzene rings is 3. The van der Waals surface area contributed by atoms with Crippen LogP contribution in [0.1, 0.15) is 54.4 Å². The van der Waals surface area contributed by atoms with Crippen LogP contribution in [0.4, 0.5) is 26.3 Å². The Balaban J connectivity index is 1.42. The predicted molar refractivity (Wildman–Crippen MR) is 127 cm³/mol. The first-order chi connectivity index (χ1) is 16.7. The number of halogens is 6. The molecular formula is C29H28F6. The van der Waals surface area contributed by atoms with Crippen molar-refractivity contribution >= 4 is 10.8 Å². The van der Waals surface area contributed by atoms with Crippen LogP contribution >= 0.6 is 0 Å². The summed E-state index contributed by atoms with van der Waals surface area (Å²) in [5.41, 5.74) is -0.348. The van der Waals surface area contributed by atoms with E-state index < -0.39 is 29.2 Å². The molecule has 4 rings (SSSR count). The van der Waals surface area contributed by atoms with Gasteiger partial charge in [0.1, 0.15) is 23.0 Å². The minimum atomic E-state index is -5.11. The van der Waals surface area contributed by atoms with Gasteiger partial charge in [-0.15, -0.1) is 6.58 Å². The Bertz CT molecular complexity index is 1180. The quantitative estimate of drug-likeness (QED) is 0.229. The minimum Gasteiger partial charge on any atom is -0.206 e. The second-order valence-electron chi connectivity index (χ2n) is 9.58. The van der Waals surface area contributed by atoms with Gasteiger partial charge in [0.15, 0.2) is 0 Å². The molecule has 0 aromatic heterocycles. The van der Waals surface area contributed by atoms with Crippen molar-refractivity contribution in [3.63, 3.8) is 0 Å². The summed E-state index contributed by atoms with van der Waals surface area (Å²) in [5.74, 6) is -2.38. The average molecular weight is 491 g/mol. The van der Waals surface area contributed by atoms with Crippen molar-refractivity contribution in [1.29, 1.82) is 0 Å². The van der Waals surface area contributed by atoms with Gasteiger partial charge in [-0.25, -0.2) is 13.2 Å². The van der Waals surface area contributed by atoms with Crippen molar-refractivity contribution in [3.8, 4) is 0 Å². The molecule has 0 heterocycles. The topological polar surface area (TPSA) is 0 Å². The van der Waals surface area contributed by atoms with E-state index in [4.69, 9.17) is 0 Å². The van der Waals surface area contributed by atoms with Crippen molar-refractivity contribution in [3.05, 3.63) is 94.8 Å². The van der Waals surface area contributed by atoms with Gasteiger partial charge in [0.25, 0.3) is 0 Å². The Morgan fingerprint density at radius 1 is 0.800 bits per heavy atom. The summed E-state index contributed by atoms with van der Waals surface area (Å²) in [6.45, 7) is 3.89. The van der Waals surface area contributed by atoms with Crippen LogP contribution in [0.5, 0.6) is 0 Å².